The van der Waals surface area contributed by atoms with Crippen molar-refractivity contribution in [3.8, 4) is 22.8 Å². The molecule has 6 nitrogen and oxygen atoms in total. The standard InChI is InChI=1S/C26H21IN4O2/c1-16(2)17-8-10-18(11-9-17)23-29-24-22(25(32)30(23)21-14-12-19(27)13-15-21)28-26(33)31(24)20-6-4-3-5-7-20/h3-16H,1-2H3,(H,28,33). The largest absolute Gasteiger partial charge is 0.332 e. The second-order valence-corrected chi connectivity index (χ2v) is 9.37. The smallest absolute Gasteiger partial charge is 0.299 e. The van der Waals surface area contributed by atoms with Crippen LogP contribution in [0.4, 0.5) is 0 Å². The molecule has 164 valence electrons. The number of para-hydroxylation sites is 1. The van der Waals surface area contributed by atoms with Gasteiger partial charge in [-0.25, -0.2) is 14.3 Å². The molecule has 0 unspecified atom stereocenters. The van der Waals surface area contributed by atoms with Crippen LogP contribution in [0, 0.1) is 3.57 Å². The Hall–Kier alpha value is -3.46. The van der Waals surface area contributed by atoms with Crippen LogP contribution < -0.4 is 11.2 Å². The zero-order valence-electron chi connectivity index (χ0n) is 18.1. The molecule has 0 spiro atoms. The summed E-state index contributed by atoms with van der Waals surface area (Å²) in [6, 6.07) is 24.9. The zero-order valence-corrected chi connectivity index (χ0v) is 20.3. The normalized spacial score (nSPS) is 11.4. The van der Waals surface area contributed by atoms with Gasteiger partial charge >= 0.3 is 5.69 Å². The third kappa shape index (κ3) is 3.82. The second-order valence-electron chi connectivity index (χ2n) is 8.13. The maximum absolute atomic E-state index is 13.7. The Morgan fingerprint density at radius 2 is 1.45 bits per heavy atom. The lowest BCUT2D eigenvalue weighted by atomic mass is 10.0. The van der Waals surface area contributed by atoms with Gasteiger partial charge in [0.2, 0.25) is 0 Å². The van der Waals surface area contributed by atoms with E-state index in [4.69, 9.17) is 4.98 Å². The number of hydrogen-bond acceptors (Lipinski definition) is 3. The third-order valence-corrected chi connectivity index (χ3v) is 6.36. The summed E-state index contributed by atoms with van der Waals surface area (Å²) in [5.74, 6) is 0.869. The summed E-state index contributed by atoms with van der Waals surface area (Å²) in [5.41, 5.74) is 3.08. The Labute approximate surface area is 203 Å². The molecule has 7 heteroatoms. The molecule has 5 aromatic rings. The van der Waals surface area contributed by atoms with Crippen LogP contribution >= 0.6 is 22.6 Å². The Bertz CT molecular complexity index is 1560. The molecular weight excluding hydrogens is 527 g/mol. The van der Waals surface area contributed by atoms with Gasteiger partial charge in [0.05, 0.1) is 11.4 Å². The predicted octanol–water partition coefficient (Wildman–Crippen LogP) is 5.26. The van der Waals surface area contributed by atoms with Crippen molar-refractivity contribution in [1.82, 2.24) is 19.1 Å². The fourth-order valence-corrected chi connectivity index (χ4v) is 4.26. The summed E-state index contributed by atoms with van der Waals surface area (Å²) in [4.78, 5) is 34.2. The van der Waals surface area contributed by atoms with Crippen LogP contribution in [0.5, 0.6) is 0 Å². The van der Waals surface area contributed by atoms with Crippen LogP contribution in [0.25, 0.3) is 33.9 Å². The zero-order chi connectivity index (χ0) is 23.1. The van der Waals surface area contributed by atoms with Crippen molar-refractivity contribution < 1.29 is 0 Å². The first kappa shape index (κ1) is 21.4. The number of imidazole rings is 1. The summed E-state index contributed by atoms with van der Waals surface area (Å²) in [6.07, 6.45) is 0. The van der Waals surface area contributed by atoms with Crippen molar-refractivity contribution in [3.05, 3.63) is 109 Å². The van der Waals surface area contributed by atoms with Crippen molar-refractivity contribution in [3.63, 3.8) is 0 Å². The number of nitrogens with one attached hydrogen (secondary N) is 1. The van der Waals surface area contributed by atoms with E-state index in [1.165, 1.54) is 10.1 Å². The minimum Gasteiger partial charge on any atom is -0.299 e. The average Bonchev–Trinajstić information content (AvgIpc) is 3.16. The van der Waals surface area contributed by atoms with Crippen molar-refractivity contribution in [2.75, 3.05) is 0 Å². The Morgan fingerprint density at radius 3 is 2.09 bits per heavy atom. The minimum atomic E-state index is -0.401. The molecule has 0 amide bonds. The lowest BCUT2D eigenvalue weighted by Gasteiger charge is -2.14. The molecule has 0 aliphatic rings. The number of rotatable bonds is 4. The Kier molecular flexibility index (Phi) is 5.49. The van der Waals surface area contributed by atoms with Gasteiger partial charge in [0.1, 0.15) is 5.82 Å². The first-order valence-electron chi connectivity index (χ1n) is 10.6. The molecule has 0 saturated heterocycles. The molecule has 2 heterocycles. The first-order valence-corrected chi connectivity index (χ1v) is 11.7. The van der Waals surface area contributed by atoms with E-state index in [0.717, 1.165) is 9.13 Å². The summed E-state index contributed by atoms with van der Waals surface area (Å²) < 4.78 is 4.07. The van der Waals surface area contributed by atoms with Crippen LogP contribution in [0.1, 0.15) is 25.3 Å². The number of aromatic nitrogens is 4. The maximum Gasteiger partial charge on any atom is 0.332 e. The molecule has 0 atom stereocenters. The fraction of sp³-hybridized carbons (Fsp3) is 0.115. The molecule has 0 bridgehead atoms. The van der Waals surface area contributed by atoms with E-state index in [9.17, 15) is 9.59 Å². The highest BCUT2D eigenvalue weighted by atomic mass is 127. The molecular formula is C26H21IN4O2. The van der Waals surface area contributed by atoms with Crippen LogP contribution in [0.2, 0.25) is 0 Å². The van der Waals surface area contributed by atoms with Crippen molar-refractivity contribution in [1.29, 1.82) is 0 Å². The van der Waals surface area contributed by atoms with E-state index in [-0.39, 0.29) is 11.1 Å². The van der Waals surface area contributed by atoms with Gasteiger partial charge < -0.3 is 0 Å². The highest BCUT2D eigenvalue weighted by Crippen LogP contribution is 2.25. The topological polar surface area (TPSA) is 72.7 Å². The molecule has 0 saturated carbocycles. The van der Waals surface area contributed by atoms with Crippen molar-refractivity contribution in [2.45, 2.75) is 19.8 Å². The molecule has 0 radical (unpaired) electrons. The van der Waals surface area contributed by atoms with Crippen LogP contribution in [0.15, 0.2) is 88.5 Å². The number of fused-ring (bicyclic) bond motifs is 1. The fourth-order valence-electron chi connectivity index (χ4n) is 3.90. The molecule has 1 N–H and O–H groups in total. The van der Waals surface area contributed by atoms with Crippen LogP contribution in [-0.2, 0) is 0 Å². The van der Waals surface area contributed by atoms with Gasteiger partial charge in [-0.2, -0.15) is 0 Å². The van der Waals surface area contributed by atoms with E-state index < -0.39 is 5.69 Å². The molecule has 5 rings (SSSR count). The van der Waals surface area contributed by atoms with Gasteiger partial charge in [-0.15, -0.1) is 0 Å². The van der Waals surface area contributed by atoms with Crippen molar-refractivity contribution in [2.24, 2.45) is 0 Å². The van der Waals surface area contributed by atoms with Gasteiger partial charge in [0, 0.05) is 9.13 Å². The van der Waals surface area contributed by atoms with E-state index in [2.05, 4.69) is 53.6 Å². The van der Waals surface area contributed by atoms with E-state index >= 15 is 0 Å². The van der Waals surface area contributed by atoms with Crippen LogP contribution in [0.3, 0.4) is 0 Å². The summed E-state index contributed by atoms with van der Waals surface area (Å²) in [6.45, 7) is 4.28. The van der Waals surface area contributed by atoms with E-state index in [0.29, 0.717) is 28.8 Å². The minimum absolute atomic E-state index is 0.171. The molecule has 0 fully saturated rings. The van der Waals surface area contributed by atoms with Crippen LogP contribution in [-0.4, -0.2) is 19.1 Å². The predicted molar refractivity (Wildman–Crippen MR) is 140 cm³/mol. The monoisotopic (exact) mass is 548 g/mol. The van der Waals surface area contributed by atoms with Crippen molar-refractivity contribution >= 4 is 33.8 Å². The van der Waals surface area contributed by atoms with Gasteiger partial charge in [0.15, 0.2) is 11.2 Å². The number of nitrogens with zero attached hydrogens (tertiary/aromatic N) is 3. The quantitative estimate of drug-likeness (QED) is 0.312. The number of benzene rings is 3. The number of H-pyrrole nitrogens is 1. The Balaban J connectivity index is 1.85. The highest BCUT2D eigenvalue weighted by Gasteiger charge is 2.20. The summed E-state index contributed by atoms with van der Waals surface area (Å²) in [5, 5.41) is 0. The van der Waals surface area contributed by atoms with Gasteiger partial charge in [-0.05, 0) is 70.5 Å². The number of halogens is 1. The molecule has 3 aromatic carbocycles. The number of aromatic amines is 1. The third-order valence-electron chi connectivity index (χ3n) is 5.65. The Morgan fingerprint density at radius 1 is 0.818 bits per heavy atom. The van der Waals surface area contributed by atoms with Gasteiger partial charge in [-0.1, -0.05) is 56.3 Å². The second kappa shape index (κ2) is 8.47. The summed E-state index contributed by atoms with van der Waals surface area (Å²) in [7, 11) is 0. The lowest BCUT2D eigenvalue weighted by molar-refractivity contribution is 0.866. The average molecular weight is 548 g/mol. The molecule has 33 heavy (non-hydrogen) atoms. The van der Waals surface area contributed by atoms with E-state index in [1.54, 1.807) is 4.57 Å². The van der Waals surface area contributed by atoms with Gasteiger partial charge in [-0.3, -0.25) is 14.3 Å². The number of hydrogen-bond donors (Lipinski definition) is 1. The molecule has 0 aliphatic carbocycles. The summed E-state index contributed by atoms with van der Waals surface area (Å²) >= 11 is 2.23. The van der Waals surface area contributed by atoms with Gasteiger partial charge in [0.25, 0.3) is 5.56 Å². The maximum atomic E-state index is 13.7. The SMILES string of the molecule is CC(C)c1ccc(-c2nc3c([nH]c(=O)n3-c3ccccc3)c(=O)n2-c2ccc(I)cc2)cc1. The highest BCUT2D eigenvalue weighted by molar-refractivity contribution is 14.1. The van der Waals surface area contributed by atoms with E-state index in [1.807, 2.05) is 66.7 Å². The molecule has 0 aliphatic heterocycles. The molecule has 2 aromatic heterocycles. The lowest BCUT2D eigenvalue weighted by Crippen LogP contribution is -2.22. The first-order chi connectivity index (χ1) is 15.9.